The molecule has 0 fully saturated rings. The van der Waals surface area contributed by atoms with Crippen molar-refractivity contribution in [3.8, 4) is 0 Å². The zero-order chi connectivity index (χ0) is 15.7. The smallest absolute Gasteiger partial charge is 0.338 e. The lowest BCUT2D eigenvalue weighted by Gasteiger charge is -2.20. The van der Waals surface area contributed by atoms with Gasteiger partial charge in [-0.2, -0.15) is 0 Å². The minimum absolute atomic E-state index is 0.469. The van der Waals surface area contributed by atoms with Crippen LogP contribution in [0.4, 0.5) is 5.69 Å². The number of rotatable bonds is 3. The fraction of sp³-hybridized carbons (Fsp3) is 0.364. The molecule has 0 aromatic carbocycles. The maximum Gasteiger partial charge on any atom is 0.338 e. The average molecular weight is 302 g/mol. The Bertz CT molecular complexity index is 594. The van der Waals surface area contributed by atoms with Crippen molar-refractivity contribution in [1.29, 1.82) is 0 Å². The molecular weight excluding hydrogens is 290 g/mol. The van der Waals surface area contributed by atoms with Gasteiger partial charge in [0.05, 0.1) is 10.5 Å². The van der Waals surface area contributed by atoms with Gasteiger partial charge in [-0.25, -0.2) is 9.78 Å². The van der Waals surface area contributed by atoms with Gasteiger partial charge >= 0.3 is 11.7 Å². The van der Waals surface area contributed by atoms with Crippen LogP contribution in [0.2, 0.25) is 5.15 Å². The molecule has 0 aliphatic rings. The molecule has 0 spiro atoms. The molecule has 20 heavy (non-hydrogen) atoms. The SMILES string of the molecule is CC(C)(C)NC(=O)c1nc(Cl)c([N+](=O)[O-])cc1C(=O)O. The normalized spacial score (nSPS) is 11.0. The maximum absolute atomic E-state index is 12.0. The third kappa shape index (κ3) is 3.64. The third-order valence-electron chi connectivity index (χ3n) is 2.09. The second-order valence-electron chi connectivity index (χ2n) is 4.96. The van der Waals surface area contributed by atoms with E-state index in [2.05, 4.69) is 10.3 Å². The first-order valence-electron chi connectivity index (χ1n) is 5.43. The molecule has 1 aromatic heterocycles. The Morgan fingerprint density at radius 1 is 1.45 bits per heavy atom. The van der Waals surface area contributed by atoms with Gasteiger partial charge in [0, 0.05) is 11.6 Å². The number of nitrogens with zero attached hydrogens (tertiary/aromatic N) is 2. The molecule has 0 atom stereocenters. The second kappa shape index (κ2) is 5.41. The van der Waals surface area contributed by atoms with Crippen molar-refractivity contribution >= 4 is 29.2 Å². The van der Waals surface area contributed by atoms with E-state index >= 15 is 0 Å². The lowest BCUT2D eigenvalue weighted by atomic mass is 10.1. The van der Waals surface area contributed by atoms with Crippen LogP contribution in [0.3, 0.4) is 0 Å². The number of hydrogen-bond donors (Lipinski definition) is 2. The summed E-state index contributed by atoms with van der Waals surface area (Å²) in [5, 5.41) is 21.7. The molecule has 0 unspecified atom stereocenters. The summed E-state index contributed by atoms with van der Waals surface area (Å²) in [6, 6.07) is 0.717. The summed E-state index contributed by atoms with van der Waals surface area (Å²) in [4.78, 5) is 36.4. The number of aromatic nitrogens is 1. The predicted octanol–water partition coefficient (Wildman–Crippen LogP) is 1.87. The van der Waals surface area contributed by atoms with Gasteiger partial charge in [-0.1, -0.05) is 11.6 Å². The number of nitro groups is 1. The summed E-state index contributed by atoms with van der Waals surface area (Å²) in [6.45, 7) is 5.08. The minimum Gasteiger partial charge on any atom is -0.478 e. The molecule has 0 radical (unpaired) electrons. The fourth-order valence-electron chi connectivity index (χ4n) is 1.34. The molecule has 1 heterocycles. The van der Waals surface area contributed by atoms with E-state index in [1.165, 1.54) is 0 Å². The summed E-state index contributed by atoms with van der Waals surface area (Å²) >= 11 is 5.59. The van der Waals surface area contributed by atoms with E-state index in [0.717, 1.165) is 6.07 Å². The second-order valence-corrected chi connectivity index (χ2v) is 5.32. The van der Waals surface area contributed by atoms with Gasteiger partial charge in [0.1, 0.15) is 5.69 Å². The molecule has 0 saturated heterocycles. The number of carboxylic acids is 1. The van der Waals surface area contributed by atoms with Crippen LogP contribution in [0.1, 0.15) is 41.6 Å². The lowest BCUT2D eigenvalue weighted by Crippen LogP contribution is -2.41. The lowest BCUT2D eigenvalue weighted by molar-refractivity contribution is -0.385. The number of aromatic carboxylic acids is 1. The van der Waals surface area contributed by atoms with Gasteiger partial charge in [0.2, 0.25) is 5.15 Å². The quantitative estimate of drug-likeness (QED) is 0.499. The van der Waals surface area contributed by atoms with Crippen molar-refractivity contribution in [3.05, 3.63) is 32.6 Å². The molecule has 108 valence electrons. The van der Waals surface area contributed by atoms with Crippen molar-refractivity contribution < 1.29 is 19.6 Å². The standard InChI is InChI=1S/C11H12ClN3O5/c1-11(2,3)14-9(16)7-5(10(17)18)4-6(15(19)20)8(12)13-7/h4H,1-3H3,(H,14,16)(H,17,18). The van der Waals surface area contributed by atoms with Crippen LogP contribution in [0.15, 0.2) is 6.07 Å². The maximum atomic E-state index is 12.0. The van der Waals surface area contributed by atoms with Gasteiger partial charge in [0.15, 0.2) is 0 Å². The van der Waals surface area contributed by atoms with Crippen LogP contribution >= 0.6 is 11.6 Å². The molecule has 0 aliphatic heterocycles. The highest BCUT2D eigenvalue weighted by Crippen LogP contribution is 2.25. The van der Waals surface area contributed by atoms with Gasteiger partial charge < -0.3 is 10.4 Å². The first kappa shape index (κ1) is 15.8. The molecule has 9 heteroatoms. The number of amides is 1. The van der Waals surface area contributed by atoms with E-state index in [1.807, 2.05) is 0 Å². The average Bonchev–Trinajstić information content (AvgIpc) is 2.25. The van der Waals surface area contributed by atoms with Crippen molar-refractivity contribution in [2.45, 2.75) is 26.3 Å². The first-order chi connectivity index (χ1) is 9.03. The van der Waals surface area contributed by atoms with Crippen LogP contribution in [0.5, 0.6) is 0 Å². The third-order valence-corrected chi connectivity index (χ3v) is 2.37. The molecule has 0 aliphatic carbocycles. The van der Waals surface area contributed by atoms with E-state index in [-0.39, 0.29) is 0 Å². The summed E-state index contributed by atoms with van der Waals surface area (Å²) in [5.74, 6) is -2.27. The van der Waals surface area contributed by atoms with Crippen LogP contribution in [0, 0.1) is 10.1 Å². The highest BCUT2D eigenvalue weighted by Gasteiger charge is 2.27. The number of halogens is 1. The Morgan fingerprint density at radius 2 is 2.00 bits per heavy atom. The Hall–Kier alpha value is -2.22. The molecule has 0 saturated carbocycles. The molecule has 0 bridgehead atoms. The van der Waals surface area contributed by atoms with Crippen LogP contribution in [-0.2, 0) is 0 Å². The number of hydrogen-bond acceptors (Lipinski definition) is 5. The monoisotopic (exact) mass is 301 g/mol. The van der Waals surface area contributed by atoms with E-state index in [4.69, 9.17) is 16.7 Å². The van der Waals surface area contributed by atoms with E-state index in [0.29, 0.717) is 0 Å². The highest BCUT2D eigenvalue weighted by molar-refractivity contribution is 6.31. The summed E-state index contributed by atoms with van der Waals surface area (Å²) < 4.78 is 0. The Kier molecular flexibility index (Phi) is 4.29. The molecule has 1 amide bonds. The zero-order valence-corrected chi connectivity index (χ0v) is 11.7. The van der Waals surface area contributed by atoms with Gasteiger partial charge in [-0.3, -0.25) is 14.9 Å². The Balaban J connectivity index is 3.39. The van der Waals surface area contributed by atoms with Crippen molar-refractivity contribution in [1.82, 2.24) is 10.3 Å². The number of nitrogens with one attached hydrogen (secondary N) is 1. The summed E-state index contributed by atoms with van der Waals surface area (Å²) in [7, 11) is 0. The Labute approximate surface area is 118 Å². The Morgan fingerprint density at radius 3 is 2.40 bits per heavy atom. The van der Waals surface area contributed by atoms with E-state index in [9.17, 15) is 19.7 Å². The van der Waals surface area contributed by atoms with Crippen LogP contribution in [0.25, 0.3) is 0 Å². The minimum atomic E-state index is -1.50. The number of carbonyl (C=O) groups is 2. The zero-order valence-electron chi connectivity index (χ0n) is 10.9. The van der Waals surface area contributed by atoms with Gasteiger partial charge in [0.25, 0.3) is 5.91 Å². The molecule has 1 aromatic rings. The molecule has 8 nitrogen and oxygen atoms in total. The fourth-order valence-corrected chi connectivity index (χ4v) is 1.55. The van der Waals surface area contributed by atoms with Gasteiger partial charge in [-0.15, -0.1) is 0 Å². The number of carboxylic acid groups (broad SMARTS) is 1. The number of carbonyl (C=O) groups excluding carboxylic acids is 1. The predicted molar refractivity (Wildman–Crippen MR) is 70.1 cm³/mol. The van der Waals surface area contributed by atoms with Crippen LogP contribution < -0.4 is 5.32 Å². The topological polar surface area (TPSA) is 122 Å². The first-order valence-corrected chi connectivity index (χ1v) is 5.81. The van der Waals surface area contributed by atoms with E-state index < -0.39 is 44.4 Å². The molecule has 2 N–H and O–H groups in total. The number of pyridine rings is 1. The largest absolute Gasteiger partial charge is 0.478 e. The molecule has 1 rings (SSSR count). The van der Waals surface area contributed by atoms with E-state index in [1.54, 1.807) is 20.8 Å². The van der Waals surface area contributed by atoms with Gasteiger partial charge in [-0.05, 0) is 20.8 Å². The van der Waals surface area contributed by atoms with Crippen molar-refractivity contribution in [2.24, 2.45) is 0 Å². The highest BCUT2D eigenvalue weighted by atomic mass is 35.5. The van der Waals surface area contributed by atoms with Crippen LogP contribution in [-0.4, -0.2) is 32.4 Å². The van der Waals surface area contributed by atoms with Crippen molar-refractivity contribution in [2.75, 3.05) is 0 Å². The van der Waals surface area contributed by atoms with Crippen molar-refractivity contribution in [3.63, 3.8) is 0 Å². The summed E-state index contributed by atoms with van der Waals surface area (Å²) in [6.07, 6.45) is 0. The summed E-state index contributed by atoms with van der Waals surface area (Å²) in [5.41, 5.74) is -2.34. The molecular formula is C11H12ClN3O5.